The number of benzene rings is 3. The number of rotatable bonds is 3. The van der Waals surface area contributed by atoms with Gasteiger partial charge in [-0.25, -0.2) is 0 Å². The molecule has 1 amide bonds. The molecule has 3 rings (SSSR count). The van der Waals surface area contributed by atoms with Crippen LogP contribution < -0.4 is 5.32 Å². The molecule has 3 aromatic carbocycles. The Morgan fingerprint density at radius 1 is 0.857 bits per heavy atom. The van der Waals surface area contributed by atoms with Crippen LogP contribution in [0, 0.1) is 0 Å². The summed E-state index contributed by atoms with van der Waals surface area (Å²) < 4.78 is 0. The van der Waals surface area contributed by atoms with Crippen LogP contribution in [0.25, 0.3) is 10.8 Å². The summed E-state index contributed by atoms with van der Waals surface area (Å²) in [5.41, 5.74) is 1.79. The maximum absolute atomic E-state index is 12.4. The zero-order valence-electron chi connectivity index (χ0n) is 11.9. The lowest BCUT2D eigenvalue weighted by Crippen LogP contribution is -2.26. The fourth-order valence-corrected chi connectivity index (χ4v) is 2.44. The van der Waals surface area contributed by atoms with Crippen molar-refractivity contribution in [1.29, 1.82) is 0 Å². The summed E-state index contributed by atoms with van der Waals surface area (Å²) in [6.07, 6.45) is 0. The van der Waals surface area contributed by atoms with Gasteiger partial charge in [0, 0.05) is 5.56 Å². The van der Waals surface area contributed by atoms with Gasteiger partial charge in [0.15, 0.2) is 0 Å². The fourth-order valence-electron chi connectivity index (χ4n) is 2.44. The van der Waals surface area contributed by atoms with Gasteiger partial charge in [-0.1, -0.05) is 60.7 Å². The summed E-state index contributed by atoms with van der Waals surface area (Å²) in [4.78, 5) is 12.4. The number of hydrogen-bond donors (Lipinski definition) is 1. The van der Waals surface area contributed by atoms with Gasteiger partial charge in [-0.3, -0.25) is 4.79 Å². The molecule has 0 fully saturated rings. The first-order valence-electron chi connectivity index (χ1n) is 7.08. The third kappa shape index (κ3) is 2.95. The lowest BCUT2D eigenvalue weighted by Gasteiger charge is -2.14. The van der Waals surface area contributed by atoms with Gasteiger partial charge in [0.25, 0.3) is 5.91 Å². The Labute approximate surface area is 124 Å². The minimum absolute atomic E-state index is 0.00910. The molecular formula is C19H17NO. The molecule has 0 aliphatic heterocycles. The van der Waals surface area contributed by atoms with Crippen LogP contribution in [0.2, 0.25) is 0 Å². The molecule has 2 nitrogen and oxygen atoms in total. The van der Waals surface area contributed by atoms with Gasteiger partial charge in [-0.05, 0) is 35.4 Å². The molecule has 0 radical (unpaired) electrons. The molecule has 0 spiro atoms. The lowest BCUT2D eigenvalue weighted by atomic mass is 10.1. The predicted molar refractivity (Wildman–Crippen MR) is 86.3 cm³/mol. The molecule has 0 heterocycles. The van der Waals surface area contributed by atoms with Crippen LogP contribution in [0.15, 0.2) is 72.8 Å². The highest BCUT2D eigenvalue weighted by atomic mass is 16.1. The van der Waals surface area contributed by atoms with E-state index in [1.165, 1.54) is 0 Å². The molecule has 1 atom stereocenters. The van der Waals surface area contributed by atoms with Crippen LogP contribution in [0.4, 0.5) is 0 Å². The highest BCUT2D eigenvalue weighted by Gasteiger charge is 2.11. The molecule has 0 bridgehead atoms. The van der Waals surface area contributed by atoms with Gasteiger partial charge in [-0.2, -0.15) is 0 Å². The number of carbonyl (C=O) groups excluding carboxylic acids is 1. The van der Waals surface area contributed by atoms with E-state index >= 15 is 0 Å². The first-order chi connectivity index (χ1) is 10.2. The number of fused-ring (bicyclic) bond motifs is 1. The molecule has 104 valence electrons. The molecule has 0 saturated heterocycles. The van der Waals surface area contributed by atoms with Crippen molar-refractivity contribution < 1.29 is 4.79 Å². The Balaban J connectivity index is 1.80. The minimum atomic E-state index is -0.0443. The van der Waals surface area contributed by atoms with Gasteiger partial charge < -0.3 is 5.32 Å². The van der Waals surface area contributed by atoms with E-state index in [2.05, 4.69) is 5.32 Å². The van der Waals surface area contributed by atoms with Crippen molar-refractivity contribution in [2.45, 2.75) is 13.0 Å². The quantitative estimate of drug-likeness (QED) is 0.757. The lowest BCUT2D eigenvalue weighted by molar-refractivity contribution is 0.0940. The van der Waals surface area contributed by atoms with E-state index in [0.717, 1.165) is 16.3 Å². The molecule has 21 heavy (non-hydrogen) atoms. The summed E-state index contributed by atoms with van der Waals surface area (Å²) >= 11 is 0. The summed E-state index contributed by atoms with van der Waals surface area (Å²) in [5, 5.41) is 5.26. The molecule has 1 N–H and O–H groups in total. The standard InChI is InChI=1S/C19H17NO/c1-14(15-7-3-2-4-8-15)20-19(21)18-12-11-16-9-5-6-10-17(16)13-18/h2-14H,1H3,(H,20,21)/t14-/m1/s1. The SMILES string of the molecule is C[C@@H](NC(=O)c1ccc2ccccc2c1)c1ccccc1. The van der Waals surface area contributed by atoms with Crippen LogP contribution in [0.3, 0.4) is 0 Å². The highest BCUT2D eigenvalue weighted by molar-refractivity contribution is 5.98. The third-order valence-electron chi connectivity index (χ3n) is 3.66. The smallest absolute Gasteiger partial charge is 0.251 e. The molecule has 0 aliphatic rings. The third-order valence-corrected chi connectivity index (χ3v) is 3.66. The van der Waals surface area contributed by atoms with Gasteiger partial charge in [-0.15, -0.1) is 0 Å². The monoisotopic (exact) mass is 275 g/mol. The van der Waals surface area contributed by atoms with Gasteiger partial charge in [0.1, 0.15) is 0 Å². The van der Waals surface area contributed by atoms with Crippen molar-refractivity contribution in [3.63, 3.8) is 0 Å². The van der Waals surface area contributed by atoms with Crippen LogP contribution in [0.1, 0.15) is 28.9 Å². The van der Waals surface area contributed by atoms with Gasteiger partial charge in [0.2, 0.25) is 0 Å². The van der Waals surface area contributed by atoms with E-state index in [0.29, 0.717) is 5.56 Å². The molecular weight excluding hydrogens is 258 g/mol. The largest absolute Gasteiger partial charge is 0.346 e. The van der Waals surface area contributed by atoms with Crippen molar-refractivity contribution in [2.75, 3.05) is 0 Å². The average molecular weight is 275 g/mol. The second-order valence-corrected chi connectivity index (χ2v) is 5.17. The molecule has 2 heteroatoms. The van der Waals surface area contributed by atoms with Crippen molar-refractivity contribution >= 4 is 16.7 Å². The maximum atomic E-state index is 12.4. The zero-order chi connectivity index (χ0) is 14.7. The number of carbonyl (C=O) groups is 1. The first-order valence-corrected chi connectivity index (χ1v) is 7.08. The molecule has 0 aromatic heterocycles. The van der Waals surface area contributed by atoms with Crippen molar-refractivity contribution in [3.05, 3.63) is 83.9 Å². The second-order valence-electron chi connectivity index (χ2n) is 5.17. The van der Waals surface area contributed by atoms with E-state index in [-0.39, 0.29) is 11.9 Å². The number of hydrogen-bond acceptors (Lipinski definition) is 1. The summed E-state index contributed by atoms with van der Waals surface area (Å²) in [5.74, 6) is -0.0443. The first kappa shape index (κ1) is 13.4. The Morgan fingerprint density at radius 3 is 2.29 bits per heavy atom. The van der Waals surface area contributed by atoms with Crippen LogP contribution in [0.5, 0.6) is 0 Å². The van der Waals surface area contributed by atoms with Crippen molar-refractivity contribution in [3.8, 4) is 0 Å². The van der Waals surface area contributed by atoms with Crippen molar-refractivity contribution in [2.24, 2.45) is 0 Å². The Kier molecular flexibility index (Phi) is 3.69. The van der Waals surface area contributed by atoms with Gasteiger partial charge in [0.05, 0.1) is 6.04 Å². The molecule has 0 saturated carbocycles. The minimum Gasteiger partial charge on any atom is -0.346 e. The molecule has 0 aliphatic carbocycles. The summed E-state index contributed by atoms with van der Waals surface area (Å²) in [7, 11) is 0. The Morgan fingerprint density at radius 2 is 1.52 bits per heavy atom. The maximum Gasteiger partial charge on any atom is 0.251 e. The molecule has 3 aromatic rings. The second kappa shape index (κ2) is 5.80. The fraction of sp³-hybridized carbons (Fsp3) is 0.105. The summed E-state index contributed by atoms with van der Waals surface area (Å²) in [6, 6.07) is 23.8. The van der Waals surface area contributed by atoms with E-state index in [1.54, 1.807) is 0 Å². The van der Waals surface area contributed by atoms with Crippen molar-refractivity contribution in [1.82, 2.24) is 5.32 Å². The Hall–Kier alpha value is -2.61. The average Bonchev–Trinajstić information content (AvgIpc) is 2.55. The van der Waals surface area contributed by atoms with E-state index in [1.807, 2.05) is 79.7 Å². The number of nitrogens with one attached hydrogen (secondary N) is 1. The number of amides is 1. The molecule has 0 unspecified atom stereocenters. The van der Waals surface area contributed by atoms with E-state index in [9.17, 15) is 4.79 Å². The van der Waals surface area contributed by atoms with Crippen LogP contribution in [-0.2, 0) is 0 Å². The normalized spacial score (nSPS) is 12.0. The predicted octanol–water partition coefficient (Wildman–Crippen LogP) is 4.33. The Bertz CT molecular complexity index is 765. The van der Waals surface area contributed by atoms with Crippen LogP contribution in [-0.4, -0.2) is 5.91 Å². The summed E-state index contributed by atoms with van der Waals surface area (Å²) in [6.45, 7) is 1.99. The zero-order valence-corrected chi connectivity index (χ0v) is 11.9. The van der Waals surface area contributed by atoms with E-state index in [4.69, 9.17) is 0 Å². The van der Waals surface area contributed by atoms with Gasteiger partial charge >= 0.3 is 0 Å². The van der Waals surface area contributed by atoms with Crippen LogP contribution >= 0.6 is 0 Å². The van der Waals surface area contributed by atoms with E-state index < -0.39 is 0 Å². The topological polar surface area (TPSA) is 29.1 Å². The highest BCUT2D eigenvalue weighted by Crippen LogP contribution is 2.17.